The maximum Gasteiger partial charge on any atom is 0.298 e. The molecule has 1 amide bonds. The normalized spacial score (nSPS) is 19.9. The van der Waals surface area contributed by atoms with Gasteiger partial charge in [0.2, 0.25) is 0 Å². The molecule has 0 spiro atoms. The van der Waals surface area contributed by atoms with Crippen LogP contribution in [0.4, 0.5) is 21.8 Å². The van der Waals surface area contributed by atoms with E-state index < -0.39 is 0 Å². The number of carbonyl (C=O) groups is 1. The minimum atomic E-state index is -0.385. The zero-order valence-electron chi connectivity index (χ0n) is 16.5. The number of piperidine rings is 1. The highest BCUT2D eigenvalue weighted by atomic mass is 19.1. The van der Waals surface area contributed by atoms with E-state index in [0.29, 0.717) is 29.2 Å². The summed E-state index contributed by atoms with van der Waals surface area (Å²) >= 11 is 0. The number of hydrogen-bond donors (Lipinski definition) is 1. The van der Waals surface area contributed by atoms with Crippen LogP contribution in [0.15, 0.2) is 22.6 Å². The van der Waals surface area contributed by atoms with Crippen molar-refractivity contribution in [3.63, 3.8) is 0 Å². The first kappa shape index (κ1) is 18.8. The number of rotatable bonds is 4. The van der Waals surface area contributed by atoms with E-state index in [-0.39, 0.29) is 17.4 Å². The van der Waals surface area contributed by atoms with E-state index in [2.05, 4.69) is 27.0 Å². The van der Waals surface area contributed by atoms with Crippen molar-refractivity contribution in [3.05, 3.63) is 35.5 Å². The summed E-state index contributed by atoms with van der Waals surface area (Å²) in [7, 11) is 0. The Morgan fingerprint density at radius 2 is 2.00 bits per heavy atom. The van der Waals surface area contributed by atoms with Gasteiger partial charge in [-0.2, -0.15) is 4.98 Å². The fourth-order valence-electron chi connectivity index (χ4n) is 4.10. The molecule has 0 bridgehead atoms. The lowest BCUT2D eigenvalue weighted by atomic mass is 10.1. The summed E-state index contributed by atoms with van der Waals surface area (Å²) in [6, 6.07) is 5.69. The molecule has 7 heteroatoms. The molecule has 2 fully saturated rings. The summed E-state index contributed by atoms with van der Waals surface area (Å²) in [5, 5.41) is 2.75. The highest BCUT2D eigenvalue weighted by Crippen LogP contribution is 2.28. The minimum Gasteiger partial charge on any atom is -0.428 e. The van der Waals surface area contributed by atoms with Crippen LogP contribution in [0.2, 0.25) is 0 Å². The van der Waals surface area contributed by atoms with Gasteiger partial charge in [-0.25, -0.2) is 4.39 Å². The van der Waals surface area contributed by atoms with E-state index in [9.17, 15) is 9.18 Å². The number of benzene rings is 1. The molecular weight excluding hydrogens is 359 g/mol. The lowest BCUT2D eigenvalue weighted by Gasteiger charge is -2.29. The van der Waals surface area contributed by atoms with Gasteiger partial charge in [0, 0.05) is 31.4 Å². The monoisotopic (exact) mass is 386 g/mol. The van der Waals surface area contributed by atoms with Crippen LogP contribution in [0.1, 0.15) is 55.3 Å². The van der Waals surface area contributed by atoms with E-state index in [0.717, 1.165) is 45.3 Å². The molecule has 1 aromatic carbocycles. The van der Waals surface area contributed by atoms with Crippen molar-refractivity contribution >= 4 is 23.3 Å². The van der Waals surface area contributed by atoms with E-state index in [1.807, 2.05) is 0 Å². The Morgan fingerprint density at radius 1 is 1.21 bits per heavy atom. The van der Waals surface area contributed by atoms with Gasteiger partial charge in [-0.1, -0.05) is 0 Å². The van der Waals surface area contributed by atoms with E-state index in [1.54, 1.807) is 19.1 Å². The lowest BCUT2D eigenvalue weighted by Crippen LogP contribution is -2.30. The maximum atomic E-state index is 14.6. The molecule has 1 N–H and O–H groups in total. The quantitative estimate of drug-likeness (QED) is 0.846. The first-order valence-corrected chi connectivity index (χ1v) is 10.1. The average Bonchev–Trinajstić information content (AvgIpc) is 3.28. The molecule has 2 aliphatic rings. The van der Waals surface area contributed by atoms with Crippen molar-refractivity contribution < 1.29 is 13.6 Å². The van der Waals surface area contributed by atoms with Crippen molar-refractivity contribution in [3.8, 4) is 0 Å². The first-order chi connectivity index (χ1) is 13.5. The van der Waals surface area contributed by atoms with E-state index in [4.69, 9.17) is 4.42 Å². The van der Waals surface area contributed by atoms with Crippen LogP contribution in [0, 0.1) is 12.7 Å². The summed E-state index contributed by atoms with van der Waals surface area (Å²) in [5.74, 6) is -0.232. The van der Waals surface area contributed by atoms with Gasteiger partial charge in [-0.05, 0) is 64.2 Å². The number of hydrogen-bond acceptors (Lipinski definition) is 5. The number of anilines is 3. The third-order valence-electron chi connectivity index (χ3n) is 5.70. The van der Waals surface area contributed by atoms with Crippen molar-refractivity contribution in [1.29, 1.82) is 0 Å². The van der Waals surface area contributed by atoms with Gasteiger partial charge >= 0.3 is 0 Å². The Kier molecular flexibility index (Phi) is 5.24. The van der Waals surface area contributed by atoms with Crippen LogP contribution < -0.4 is 15.1 Å². The topological polar surface area (TPSA) is 61.6 Å². The van der Waals surface area contributed by atoms with Crippen LogP contribution in [0.25, 0.3) is 0 Å². The molecule has 28 heavy (non-hydrogen) atoms. The van der Waals surface area contributed by atoms with Crippen LogP contribution in [0.5, 0.6) is 0 Å². The number of halogens is 1. The van der Waals surface area contributed by atoms with Crippen LogP contribution in [-0.4, -0.2) is 36.6 Å². The highest BCUT2D eigenvalue weighted by Gasteiger charge is 2.27. The predicted octanol–water partition coefficient (Wildman–Crippen LogP) is 4.35. The van der Waals surface area contributed by atoms with Gasteiger partial charge in [0.05, 0.1) is 5.69 Å². The molecule has 0 aliphatic carbocycles. The number of aromatic nitrogens is 1. The molecule has 2 aromatic rings. The van der Waals surface area contributed by atoms with Crippen LogP contribution in [0.3, 0.4) is 0 Å². The molecule has 4 rings (SSSR count). The molecule has 1 atom stereocenters. The van der Waals surface area contributed by atoms with Crippen LogP contribution in [-0.2, 0) is 0 Å². The van der Waals surface area contributed by atoms with Crippen molar-refractivity contribution in [2.24, 2.45) is 0 Å². The third-order valence-corrected chi connectivity index (χ3v) is 5.70. The largest absolute Gasteiger partial charge is 0.428 e. The van der Waals surface area contributed by atoms with Gasteiger partial charge in [0.15, 0.2) is 5.69 Å². The van der Waals surface area contributed by atoms with Gasteiger partial charge in [-0.3, -0.25) is 4.79 Å². The Labute approximate surface area is 164 Å². The second-order valence-electron chi connectivity index (χ2n) is 7.75. The first-order valence-electron chi connectivity index (χ1n) is 10.1. The molecule has 3 heterocycles. The Balaban J connectivity index is 1.48. The standard InChI is InChI=1S/C21H27FN4O2/c1-14-7-6-12-26(14)21-24-19(15(2)28-21)20(27)23-16-8-9-18(17(22)13-16)25-10-4-3-5-11-25/h8-9,13-14H,3-7,10-12H2,1-2H3,(H,23,27). The molecule has 6 nitrogen and oxygen atoms in total. The SMILES string of the molecule is Cc1oc(N2CCCC2C)nc1C(=O)Nc1ccc(N2CCCCC2)c(F)c1. The summed E-state index contributed by atoms with van der Waals surface area (Å²) in [4.78, 5) is 21.2. The maximum absolute atomic E-state index is 14.6. The number of amides is 1. The molecule has 0 saturated carbocycles. The number of aryl methyl sites for hydroxylation is 1. The Morgan fingerprint density at radius 3 is 2.68 bits per heavy atom. The number of nitrogens with one attached hydrogen (secondary N) is 1. The Bertz CT molecular complexity index is 860. The zero-order chi connectivity index (χ0) is 19.7. The molecular formula is C21H27FN4O2. The second-order valence-corrected chi connectivity index (χ2v) is 7.75. The fraction of sp³-hybridized carbons (Fsp3) is 0.524. The fourth-order valence-corrected chi connectivity index (χ4v) is 4.10. The summed E-state index contributed by atoms with van der Waals surface area (Å²) in [6.45, 7) is 6.48. The van der Waals surface area contributed by atoms with Gasteiger partial charge < -0.3 is 19.5 Å². The van der Waals surface area contributed by atoms with E-state index >= 15 is 0 Å². The van der Waals surface area contributed by atoms with Crippen molar-refractivity contribution in [2.75, 3.05) is 34.8 Å². The smallest absolute Gasteiger partial charge is 0.298 e. The van der Waals surface area contributed by atoms with E-state index in [1.165, 1.54) is 12.5 Å². The molecule has 2 saturated heterocycles. The zero-order valence-corrected chi connectivity index (χ0v) is 16.5. The van der Waals surface area contributed by atoms with Crippen LogP contribution >= 0.6 is 0 Å². The average molecular weight is 386 g/mol. The summed E-state index contributed by atoms with van der Waals surface area (Å²) in [6.07, 6.45) is 5.54. The van der Waals surface area contributed by atoms with Crippen molar-refractivity contribution in [2.45, 2.75) is 52.0 Å². The van der Waals surface area contributed by atoms with Gasteiger partial charge in [0.1, 0.15) is 11.6 Å². The minimum absolute atomic E-state index is 0.245. The van der Waals surface area contributed by atoms with Crippen molar-refractivity contribution in [1.82, 2.24) is 4.98 Å². The lowest BCUT2D eigenvalue weighted by molar-refractivity contribution is 0.102. The third kappa shape index (κ3) is 3.70. The van der Waals surface area contributed by atoms with Gasteiger partial charge in [-0.15, -0.1) is 0 Å². The second kappa shape index (κ2) is 7.81. The summed E-state index contributed by atoms with van der Waals surface area (Å²) in [5.41, 5.74) is 1.26. The molecule has 0 radical (unpaired) electrons. The Hall–Kier alpha value is -2.57. The number of carbonyl (C=O) groups excluding carboxylic acids is 1. The number of oxazole rings is 1. The highest BCUT2D eigenvalue weighted by molar-refractivity contribution is 6.03. The number of nitrogens with zero attached hydrogens (tertiary/aromatic N) is 3. The molecule has 2 aliphatic heterocycles. The molecule has 1 aromatic heterocycles. The molecule has 150 valence electrons. The predicted molar refractivity (Wildman–Crippen MR) is 108 cm³/mol. The van der Waals surface area contributed by atoms with Gasteiger partial charge in [0.25, 0.3) is 11.9 Å². The molecule has 1 unspecified atom stereocenters. The summed E-state index contributed by atoms with van der Waals surface area (Å²) < 4.78 is 20.3.